The van der Waals surface area contributed by atoms with Gasteiger partial charge in [0.15, 0.2) is 0 Å². The Morgan fingerprint density at radius 2 is 1.71 bits per heavy atom. The summed E-state index contributed by atoms with van der Waals surface area (Å²) < 4.78 is 31.5. The lowest BCUT2D eigenvalue weighted by Gasteiger charge is -2.36. The van der Waals surface area contributed by atoms with Crippen LogP contribution in [0.2, 0.25) is 0 Å². The molecular weight excluding hydrogens is 500 g/mol. The predicted octanol–water partition coefficient (Wildman–Crippen LogP) is 4.90. The fraction of sp³-hybridized carbons (Fsp3) is 0.414. The van der Waals surface area contributed by atoms with Crippen LogP contribution in [0.5, 0.6) is 0 Å². The molecule has 8 nitrogen and oxygen atoms in total. The molecule has 0 spiro atoms. The largest absolute Gasteiger partial charge is 0.472 e. The highest BCUT2D eigenvalue weighted by Gasteiger charge is 2.26. The van der Waals surface area contributed by atoms with Crippen molar-refractivity contribution >= 4 is 27.3 Å². The Labute approximate surface area is 226 Å². The number of nitrogens with zero attached hydrogens (tertiary/aromatic N) is 3. The molecule has 1 saturated heterocycles. The van der Waals surface area contributed by atoms with Gasteiger partial charge >= 0.3 is 0 Å². The van der Waals surface area contributed by atoms with Gasteiger partial charge in [-0.15, -0.1) is 0 Å². The molecule has 204 valence electrons. The van der Waals surface area contributed by atoms with Crippen molar-refractivity contribution in [1.82, 2.24) is 9.80 Å². The van der Waals surface area contributed by atoms with E-state index >= 15 is 0 Å². The van der Waals surface area contributed by atoms with E-state index in [-0.39, 0.29) is 18.0 Å². The van der Waals surface area contributed by atoms with Crippen LogP contribution in [0.4, 0.5) is 11.4 Å². The van der Waals surface area contributed by atoms with Crippen LogP contribution in [0.25, 0.3) is 11.1 Å². The van der Waals surface area contributed by atoms with Crippen LogP contribution in [-0.4, -0.2) is 68.6 Å². The van der Waals surface area contributed by atoms with Gasteiger partial charge in [-0.25, -0.2) is 8.42 Å². The number of amides is 1. The SMILES string of the molecule is CC(C)N(C(=O)c1ccc(N2CCN(Cc3ccoc3)CC2)cc1-c1cccc(NS(C)(=O)=O)c1)C(C)C. The van der Waals surface area contributed by atoms with E-state index in [1.807, 2.05) is 56.9 Å². The van der Waals surface area contributed by atoms with E-state index in [1.54, 1.807) is 30.7 Å². The van der Waals surface area contributed by atoms with Gasteiger partial charge < -0.3 is 14.2 Å². The van der Waals surface area contributed by atoms with Crippen LogP contribution in [-0.2, 0) is 16.6 Å². The van der Waals surface area contributed by atoms with Gasteiger partial charge in [-0.2, -0.15) is 0 Å². The average Bonchev–Trinajstić information content (AvgIpc) is 3.36. The molecule has 38 heavy (non-hydrogen) atoms. The van der Waals surface area contributed by atoms with Crippen molar-refractivity contribution in [3.63, 3.8) is 0 Å². The predicted molar refractivity (Wildman–Crippen MR) is 153 cm³/mol. The molecule has 0 radical (unpaired) electrons. The van der Waals surface area contributed by atoms with Gasteiger partial charge in [0.1, 0.15) is 0 Å². The molecule has 4 rings (SSSR count). The Morgan fingerprint density at radius 3 is 2.32 bits per heavy atom. The first kappa shape index (κ1) is 27.7. The summed E-state index contributed by atoms with van der Waals surface area (Å²) in [5.74, 6) is -0.0389. The summed E-state index contributed by atoms with van der Waals surface area (Å²) in [7, 11) is -3.43. The first-order valence-electron chi connectivity index (χ1n) is 13.0. The van der Waals surface area contributed by atoms with E-state index in [2.05, 4.69) is 20.6 Å². The van der Waals surface area contributed by atoms with E-state index in [0.717, 1.165) is 55.8 Å². The third-order valence-corrected chi connectivity index (χ3v) is 7.39. The van der Waals surface area contributed by atoms with Crippen molar-refractivity contribution in [3.05, 3.63) is 72.2 Å². The number of piperazine rings is 1. The Kier molecular flexibility index (Phi) is 8.47. The topological polar surface area (TPSA) is 86.1 Å². The second-order valence-electron chi connectivity index (χ2n) is 10.5. The van der Waals surface area contributed by atoms with Crippen LogP contribution >= 0.6 is 0 Å². The van der Waals surface area contributed by atoms with Gasteiger partial charge in [0.05, 0.1) is 18.8 Å². The number of carbonyl (C=O) groups excluding carboxylic acids is 1. The van der Waals surface area contributed by atoms with Crippen LogP contribution in [0, 0.1) is 0 Å². The summed E-state index contributed by atoms with van der Waals surface area (Å²) in [5.41, 5.74) is 4.86. The quantitative estimate of drug-likeness (QED) is 0.417. The summed E-state index contributed by atoms with van der Waals surface area (Å²) in [6, 6.07) is 15.3. The second kappa shape index (κ2) is 11.6. The van der Waals surface area contributed by atoms with Gasteiger partial charge in [-0.05, 0) is 75.2 Å². The molecular formula is C29H38N4O4S. The number of hydrogen-bond acceptors (Lipinski definition) is 6. The van der Waals surface area contributed by atoms with Crippen molar-refractivity contribution in [2.45, 2.75) is 46.3 Å². The smallest absolute Gasteiger partial charge is 0.254 e. The average molecular weight is 539 g/mol. The molecule has 1 aliphatic rings. The number of carbonyl (C=O) groups is 1. The lowest BCUT2D eigenvalue weighted by Crippen LogP contribution is -2.46. The number of sulfonamides is 1. The van der Waals surface area contributed by atoms with E-state index in [4.69, 9.17) is 4.42 Å². The van der Waals surface area contributed by atoms with Crippen LogP contribution in [0.15, 0.2) is 65.5 Å². The first-order valence-corrected chi connectivity index (χ1v) is 14.9. The van der Waals surface area contributed by atoms with E-state index < -0.39 is 10.0 Å². The van der Waals surface area contributed by atoms with Crippen molar-refractivity contribution in [1.29, 1.82) is 0 Å². The first-order chi connectivity index (χ1) is 18.0. The van der Waals surface area contributed by atoms with Crippen molar-refractivity contribution in [3.8, 4) is 11.1 Å². The molecule has 2 heterocycles. The van der Waals surface area contributed by atoms with E-state index in [0.29, 0.717) is 11.3 Å². The molecule has 3 aromatic rings. The van der Waals surface area contributed by atoms with Gasteiger partial charge in [0.25, 0.3) is 5.91 Å². The number of hydrogen-bond donors (Lipinski definition) is 1. The highest BCUT2D eigenvalue weighted by Crippen LogP contribution is 2.32. The van der Waals surface area contributed by atoms with Crippen molar-refractivity contribution in [2.75, 3.05) is 42.1 Å². The highest BCUT2D eigenvalue weighted by molar-refractivity contribution is 7.92. The summed E-state index contributed by atoms with van der Waals surface area (Å²) in [4.78, 5) is 20.4. The number of rotatable bonds is 9. The minimum Gasteiger partial charge on any atom is -0.472 e. The fourth-order valence-electron chi connectivity index (χ4n) is 5.13. The molecule has 1 aromatic heterocycles. The van der Waals surface area contributed by atoms with Crippen LogP contribution in [0.1, 0.15) is 43.6 Å². The maximum Gasteiger partial charge on any atom is 0.254 e. The molecule has 9 heteroatoms. The van der Waals surface area contributed by atoms with Gasteiger partial charge in [0.2, 0.25) is 10.0 Å². The summed E-state index contributed by atoms with van der Waals surface area (Å²) in [6.45, 7) is 12.5. The zero-order chi connectivity index (χ0) is 27.4. The van der Waals surface area contributed by atoms with Crippen molar-refractivity contribution in [2.24, 2.45) is 0 Å². The minimum atomic E-state index is -3.43. The van der Waals surface area contributed by atoms with Gasteiger partial charge in [0, 0.05) is 67.3 Å². The standard InChI is InChI=1S/C29H38N4O4S/c1-21(2)33(22(3)4)29(34)27-10-9-26(32-14-12-31(13-15-32)19-23-11-16-37-20-23)18-28(27)24-7-6-8-25(17-24)30-38(5,35)36/h6-11,16-18,20-22,30H,12-15,19H2,1-5H3. The normalized spacial score (nSPS) is 14.8. The van der Waals surface area contributed by atoms with Crippen LogP contribution in [0.3, 0.4) is 0 Å². The number of nitrogens with one attached hydrogen (secondary N) is 1. The molecule has 1 amide bonds. The van der Waals surface area contributed by atoms with Gasteiger partial charge in [-0.3, -0.25) is 14.4 Å². The van der Waals surface area contributed by atoms with Crippen LogP contribution < -0.4 is 9.62 Å². The molecule has 0 unspecified atom stereocenters. The summed E-state index contributed by atoms with van der Waals surface area (Å²) in [5, 5.41) is 0. The highest BCUT2D eigenvalue weighted by atomic mass is 32.2. The maximum atomic E-state index is 13.8. The monoisotopic (exact) mass is 538 g/mol. The van der Waals surface area contributed by atoms with Gasteiger partial charge in [-0.1, -0.05) is 12.1 Å². The molecule has 0 aliphatic carbocycles. The van der Waals surface area contributed by atoms with E-state index in [1.165, 1.54) is 5.56 Å². The molecule has 0 saturated carbocycles. The van der Waals surface area contributed by atoms with Crippen molar-refractivity contribution < 1.29 is 17.6 Å². The number of furan rings is 1. The Morgan fingerprint density at radius 1 is 1.00 bits per heavy atom. The lowest BCUT2D eigenvalue weighted by molar-refractivity contribution is 0.0644. The molecule has 1 fully saturated rings. The Balaban J connectivity index is 1.67. The zero-order valence-corrected chi connectivity index (χ0v) is 23.7. The van der Waals surface area contributed by atoms with E-state index in [9.17, 15) is 13.2 Å². The third-order valence-electron chi connectivity index (χ3n) is 6.78. The Hall–Kier alpha value is -3.30. The number of benzene rings is 2. The maximum absolute atomic E-state index is 13.8. The number of anilines is 2. The molecule has 1 N–H and O–H groups in total. The Bertz CT molecular complexity index is 1340. The minimum absolute atomic E-state index is 0.0385. The summed E-state index contributed by atoms with van der Waals surface area (Å²) >= 11 is 0. The molecule has 0 atom stereocenters. The lowest BCUT2D eigenvalue weighted by atomic mass is 9.96. The zero-order valence-electron chi connectivity index (χ0n) is 22.8. The fourth-order valence-corrected chi connectivity index (χ4v) is 5.68. The molecule has 1 aliphatic heterocycles. The second-order valence-corrected chi connectivity index (χ2v) is 12.2. The molecule has 0 bridgehead atoms. The molecule has 2 aromatic carbocycles. The third kappa shape index (κ3) is 6.76. The summed E-state index contributed by atoms with van der Waals surface area (Å²) in [6.07, 6.45) is 4.62.